The average Bonchev–Trinajstić information content (AvgIpc) is 3.00. The third-order valence-electron chi connectivity index (χ3n) is 5.50. The number of rotatable bonds is 5. The van der Waals surface area contributed by atoms with Crippen molar-refractivity contribution in [2.45, 2.75) is 13.5 Å². The Labute approximate surface area is 180 Å². The Morgan fingerprint density at radius 2 is 1.66 bits per heavy atom. The summed E-state index contributed by atoms with van der Waals surface area (Å²) in [4.78, 5) is 17.6. The molecule has 0 bridgehead atoms. The van der Waals surface area contributed by atoms with E-state index >= 15 is 0 Å². The summed E-state index contributed by atoms with van der Waals surface area (Å²) in [6.45, 7) is 11.0. The SMILES string of the molecule is C=C(C)n1c(=O)n(CCN2CCN(c3ccc(Cl)c(Cl)c3)CC2)c2ccccc21. The van der Waals surface area contributed by atoms with Gasteiger partial charge in [0.05, 0.1) is 21.1 Å². The summed E-state index contributed by atoms with van der Waals surface area (Å²) in [7, 11) is 0. The second kappa shape index (κ2) is 8.27. The van der Waals surface area contributed by atoms with Gasteiger partial charge in [-0.05, 0) is 37.3 Å². The van der Waals surface area contributed by atoms with Crippen molar-refractivity contribution in [1.29, 1.82) is 0 Å². The number of hydrogen-bond donors (Lipinski definition) is 0. The maximum absolute atomic E-state index is 12.9. The Kier molecular flexibility index (Phi) is 5.72. The molecule has 0 atom stereocenters. The molecule has 1 aliphatic heterocycles. The zero-order chi connectivity index (χ0) is 20.5. The van der Waals surface area contributed by atoms with Crippen molar-refractivity contribution in [2.24, 2.45) is 0 Å². The van der Waals surface area contributed by atoms with Crippen LogP contribution in [0.4, 0.5) is 5.69 Å². The number of allylic oxidation sites excluding steroid dienone is 1. The zero-order valence-corrected chi connectivity index (χ0v) is 18.0. The van der Waals surface area contributed by atoms with E-state index in [4.69, 9.17) is 23.2 Å². The fourth-order valence-corrected chi connectivity index (χ4v) is 4.24. The first-order valence-electron chi connectivity index (χ1n) is 9.74. The molecule has 0 aliphatic carbocycles. The van der Waals surface area contributed by atoms with Gasteiger partial charge in [-0.15, -0.1) is 0 Å². The minimum absolute atomic E-state index is 0.0202. The molecular formula is C22H24Cl2N4O. The van der Waals surface area contributed by atoms with E-state index in [1.165, 1.54) is 0 Å². The molecule has 29 heavy (non-hydrogen) atoms. The van der Waals surface area contributed by atoms with Gasteiger partial charge in [0.25, 0.3) is 0 Å². The minimum Gasteiger partial charge on any atom is -0.369 e. The van der Waals surface area contributed by atoms with Gasteiger partial charge in [0.15, 0.2) is 0 Å². The van der Waals surface area contributed by atoms with E-state index in [-0.39, 0.29) is 5.69 Å². The van der Waals surface area contributed by atoms with Crippen LogP contribution in [-0.2, 0) is 6.54 Å². The van der Waals surface area contributed by atoms with Gasteiger partial charge in [0.1, 0.15) is 0 Å². The van der Waals surface area contributed by atoms with E-state index in [1.807, 2.05) is 54.0 Å². The number of halogens is 2. The third-order valence-corrected chi connectivity index (χ3v) is 6.24. The first-order chi connectivity index (χ1) is 14.0. The van der Waals surface area contributed by atoms with Gasteiger partial charge >= 0.3 is 5.69 Å². The molecule has 152 valence electrons. The van der Waals surface area contributed by atoms with Crippen molar-refractivity contribution in [3.8, 4) is 0 Å². The highest BCUT2D eigenvalue weighted by Crippen LogP contribution is 2.27. The van der Waals surface area contributed by atoms with Crippen LogP contribution in [0.5, 0.6) is 0 Å². The fraction of sp³-hybridized carbons (Fsp3) is 0.318. The molecule has 0 unspecified atom stereocenters. The molecule has 0 amide bonds. The molecule has 7 heteroatoms. The van der Waals surface area contributed by atoms with E-state index in [0.29, 0.717) is 16.6 Å². The maximum atomic E-state index is 12.9. The highest BCUT2D eigenvalue weighted by atomic mass is 35.5. The lowest BCUT2D eigenvalue weighted by atomic mass is 10.2. The molecule has 1 saturated heterocycles. The first kappa shape index (κ1) is 20.1. The number of nitrogens with zero attached hydrogens (tertiary/aromatic N) is 4. The molecule has 1 aromatic heterocycles. The Balaban J connectivity index is 1.44. The molecule has 2 aromatic carbocycles. The Bertz CT molecular complexity index is 1110. The minimum atomic E-state index is -0.0202. The molecule has 0 N–H and O–H groups in total. The average molecular weight is 431 g/mol. The molecule has 4 rings (SSSR count). The van der Waals surface area contributed by atoms with Crippen molar-refractivity contribution in [1.82, 2.24) is 14.0 Å². The van der Waals surface area contributed by atoms with Gasteiger partial charge in [-0.1, -0.05) is 41.9 Å². The number of piperazine rings is 1. The highest BCUT2D eigenvalue weighted by Gasteiger charge is 2.19. The number of para-hydroxylation sites is 2. The zero-order valence-electron chi connectivity index (χ0n) is 16.4. The van der Waals surface area contributed by atoms with Crippen molar-refractivity contribution in [2.75, 3.05) is 37.6 Å². The Morgan fingerprint density at radius 1 is 0.966 bits per heavy atom. The van der Waals surface area contributed by atoms with Crippen LogP contribution in [-0.4, -0.2) is 46.8 Å². The molecule has 0 spiro atoms. The van der Waals surface area contributed by atoms with E-state index in [2.05, 4.69) is 16.4 Å². The predicted molar refractivity (Wildman–Crippen MR) is 122 cm³/mol. The summed E-state index contributed by atoms with van der Waals surface area (Å²) in [6.07, 6.45) is 0. The number of imidazole rings is 1. The smallest absolute Gasteiger partial charge is 0.333 e. The number of fused-ring (bicyclic) bond motifs is 1. The predicted octanol–water partition coefficient (Wildman–Crippen LogP) is 4.42. The second-order valence-corrected chi connectivity index (χ2v) is 8.24. The van der Waals surface area contributed by atoms with Crippen LogP contribution in [0.25, 0.3) is 16.7 Å². The summed E-state index contributed by atoms with van der Waals surface area (Å²) in [5.74, 6) is 0. The summed E-state index contributed by atoms with van der Waals surface area (Å²) < 4.78 is 3.55. The van der Waals surface area contributed by atoms with E-state index in [0.717, 1.165) is 55.1 Å². The standard InChI is InChI=1S/C22H24Cl2N4O/c1-16(2)28-21-6-4-3-5-20(21)27(22(28)29)14-11-25-9-12-26(13-10-25)17-7-8-18(23)19(24)15-17/h3-8,15H,1,9-14H2,2H3. The van der Waals surface area contributed by atoms with Gasteiger partial charge < -0.3 is 4.90 Å². The summed E-state index contributed by atoms with van der Waals surface area (Å²) >= 11 is 12.2. The van der Waals surface area contributed by atoms with Crippen molar-refractivity contribution in [3.63, 3.8) is 0 Å². The first-order valence-corrected chi connectivity index (χ1v) is 10.5. The van der Waals surface area contributed by atoms with E-state index in [9.17, 15) is 4.79 Å². The maximum Gasteiger partial charge on any atom is 0.333 e. The van der Waals surface area contributed by atoms with Gasteiger partial charge in [-0.3, -0.25) is 14.0 Å². The van der Waals surface area contributed by atoms with Crippen LogP contribution < -0.4 is 10.6 Å². The normalized spacial score (nSPS) is 15.2. The molecule has 2 heterocycles. The van der Waals surface area contributed by atoms with Crippen molar-refractivity contribution in [3.05, 3.63) is 69.6 Å². The molecular weight excluding hydrogens is 407 g/mol. The lowest BCUT2D eigenvalue weighted by molar-refractivity contribution is 0.248. The van der Waals surface area contributed by atoms with Crippen LogP contribution >= 0.6 is 23.2 Å². The summed E-state index contributed by atoms with van der Waals surface area (Å²) in [6, 6.07) is 13.7. The fourth-order valence-electron chi connectivity index (χ4n) is 3.95. The lowest BCUT2D eigenvalue weighted by Gasteiger charge is -2.36. The number of hydrogen-bond acceptors (Lipinski definition) is 3. The van der Waals surface area contributed by atoms with Crippen LogP contribution in [0.15, 0.2) is 53.8 Å². The van der Waals surface area contributed by atoms with Crippen molar-refractivity contribution < 1.29 is 0 Å². The van der Waals surface area contributed by atoms with Crippen LogP contribution in [0, 0.1) is 0 Å². The molecule has 1 fully saturated rings. The van der Waals surface area contributed by atoms with Crippen LogP contribution in [0.1, 0.15) is 6.92 Å². The van der Waals surface area contributed by atoms with Crippen LogP contribution in [0.2, 0.25) is 10.0 Å². The summed E-state index contributed by atoms with van der Waals surface area (Å²) in [5, 5.41) is 1.16. The van der Waals surface area contributed by atoms with Gasteiger partial charge in [-0.25, -0.2) is 4.79 Å². The summed E-state index contributed by atoms with van der Waals surface area (Å²) in [5.41, 5.74) is 3.68. The monoisotopic (exact) mass is 430 g/mol. The van der Waals surface area contributed by atoms with Gasteiger partial charge in [-0.2, -0.15) is 0 Å². The van der Waals surface area contributed by atoms with Crippen molar-refractivity contribution >= 4 is 45.6 Å². The number of anilines is 1. The quantitative estimate of drug-likeness (QED) is 0.600. The van der Waals surface area contributed by atoms with E-state index in [1.54, 1.807) is 4.57 Å². The second-order valence-electron chi connectivity index (χ2n) is 7.42. The molecule has 3 aromatic rings. The molecule has 0 saturated carbocycles. The number of benzene rings is 2. The lowest BCUT2D eigenvalue weighted by Crippen LogP contribution is -2.47. The molecule has 0 radical (unpaired) electrons. The van der Waals surface area contributed by atoms with Gasteiger partial charge in [0, 0.05) is 50.7 Å². The highest BCUT2D eigenvalue weighted by molar-refractivity contribution is 6.42. The largest absolute Gasteiger partial charge is 0.369 e. The van der Waals surface area contributed by atoms with Gasteiger partial charge in [0.2, 0.25) is 0 Å². The molecule has 1 aliphatic rings. The molecule has 5 nitrogen and oxygen atoms in total. The topological polar surface area (TPSA) is 33.4 Å². The third kappa shape index (κ3) is 3.95. The Morgan fingerprint density at radius 3 is 2.31 bits per heavy atom. The van der Waals surface area contributed by atoms with Crippen LogP contribution in [0.3, 0.4) is 0 Å². The van der Waals surface area contributed by atoms with E-state index < -0.39 is 0 Å². The number of aromatic nitrogens is 2. The Hall–Kier alpha value is -2.21.